The molecule has 2 aromatic carbocycles. The van der Waals surface area contributed by atoms with Crippen LogP contribution in [0.5, 0.6) is 0 Å². The molecule has 1 atom stereocenters. The number of rotatable bonds is 4. The third-order valence-corrected chi connectivity index (χ3v) is 5.77. The monoisotopic (exact) mass is 404 g/mol. The van der Waals surface area contributed by atoms with Crippen molar-refractivity contribution in [2.24, 2.45) is 18.5 Å². The van der Waals surface area contributed by atoms with Gasteiger partial charge in [0.15, 0.2) is 0 Å². The highest BCUT2D eigenvalue weighted by molar-refractivity contribution is 6.01. The van der Waals surface area contributed by atoms with Gasteiger partial charge in [-0.25, -0.2) is 4.79 Å². The molecular formula is C22H24N6O2. The molecule has 1 aliphatic heterocycles. The van der Waals surface area contributed by atoms with E-state index in [-0.39, 0.29) is 18.3 Å². The molecule has 0 spiro atoms. The first kappa shape index (κ1) is 19.7. The topological polar surface area (TPSA) is 123 Å². The lowest BCUT2D eigenvalue weighted by atomic mass is 10.0. The molecule has 30 heavy (non-hydrogen) atoms. The molecular weight excluding hydrogens is 380 g/mol. The summed E-state index contributed by atoms with van der Waals surface area (Å²) in [4.78, 5) is 27.2. The van der Waals surface area contributed by atoms with E-state index in [1.165, 1.54) is 4.57 Å². The van der Waals surface area contributed by atoms with E-state index < -0.39 is 5.91 Å². The van der Waals surface area contributed by atoms with E-state index in [1.54, 1.807) is 35.9 Å². The predicted molar refractivity (Wildman–Crippen MR) is 115 cm³/mol. The fourth-order valence-electron chi connectivity index (χ4n) is 4.21. The van der Waals surface area contributed by atoms with Crippen molar-refractivity contribution in [3.8, 4) is 6.07 Å². The third-order valence-electron chi connectivity index (χ3n) is 5.77. The summed E-state index contributed by atoms with van der Waals surface area (Å²) in [6.45, 7) is 1.67. The Bertz CT molecular complexity index is 1230. The first-order valence-corrected chi connectivity index (χ1v) is 9.92. The summed E-state index contributed by atoms with van der Waals surface area (Å²) in [6.07, 6.45) is 1.87. The molecule has 4 N–H and O–H groups in total. The number of aromatic nitrogens is 2. The normalized spacial score (nSPS) is 16.6. The number of carbonyl (C=O) groups excluding carboxylic acids is 1. The summed E-state index contributed by atoms with van der Waals surface area (Å²) in [6, 6.07) is 12.8. The number of amides is 1. The van der Waals surface area contributed by atoms with Crippen LogP contribution in [0.1, 0.15) is 34.3 Å². The van der Waals surface area contributed by atoms with Gasteiger partial charge in [-0.2, -0.15) is 5.26 Å². The zero-order valence-electron chi connectivity index (χ0n) is 16.8. The van der Waals surface area contributed by atoms with E-state index in [1.807, 2.05) is 12.1 Å². The predicted octanol–water partition coefficient (Wildman–Crippen LogP) is 1.29. The first-order chi connectivity index (χ1) is 14.4. The summed E-state index contributed by atoms with van der Waals surface area (Å²) in [7, 11) is 1.67. The summed E-state index contributed by atoms with van der Waals surface area (Å²) in [5.74, 6) is -0.547. The molecule has 1 aromatic heterocycles. The van der Waals surface area contributed by atoms with Gasteiger partial charge in [0, 0.05) is 31.7 Å². The first-order valence-electron chi connectivity index (χ1n) is 9.92. The number of fused-ring (bicyclic) bond motifs is 1. The number of anilines is 1. The molecule has 0 saturated carbocycles. The van der Waals surface area contributed by atoms with Gasteiger partial charge in [-0.15, -0.1) is 0 Å². The molecule has 1 fully saturated rings. The van der Waals surface area contributed by atoms with Crippen LogP contribution in [0.25, 0.3) is 11.0 Å². The fraction of sp³-hybridized carbons (Fsp3) is 0.318. The highest BCUT2D eigenvalue weighted by atomic mass is 16.2. The zero-order chi connectivity index (χ0) is 21.4. The minimum atomic E-state index is -0.547. The number of primary amides is 1. The molecule has 1 amide bonds. The Morgan fingerprint density at radius 1 is 1.30 bits per heavy atom. The fourth-order valence-corrected chi connectivity index (χ4v) is 4.21. The van der Waals surface area contributed by atoms with Gasteiger partial charge in [-0.3, -0.25) is 13.9 Å². The minimum absolute atomic E-state index is 0.0224. The van der Waals surface area contributed by atoms with E-state index in [0.29, 0.717) is 28.7 Å². The second-order valence-corrected chi connectivity index (χ2v) is 7.77. The van der Waals surface area contributed by atoms with E-state index in [4.69, 9.17) is 11.5 Å². The second-order valence-electron chi connectivity index (χ2n) is 7.77. The average molecular weight is 404 g/mol. The van der Waals surface area contributed by atoms with Crippen molar-refractivity contribution in [2.45, 2.75) is 25.4 Å². The molecule has 0 aliphatic carbocycles. The number of nitrogens with zero attached hydrogens (tertiary/aromatic N) is 4. The molecule has 0 radical (unpaired) electrons. The number of piperidine rings is 1. The van der Waals surface area contributed by atoms with E-state index in [9.17, 15) is 14.9 Å². The quantitative estimate of drug-likeness (QED) is 0.678. The average Bonchev–Trinajstić information content (AvgIpc) is 2.98. The molecule has 8 nitrogen and oxygen atoms in total. The molecule has 1 aliphatic rings. The number of carbonyl (C=O) groups is 1. The third kappa shape index (κ3) is 3.33. The maximum Gasteiger partial charge on any atom is 0.329 e. The highest BCUT2D eigenvalue weighted by Gasteiger charge is 2.24. The van der Waals surface area contributed by atoms with E-state index in [2.05, 4.69) is 11.0 Å². The van der Waals surface area contributed by atoms with Crippen molar-refractivity contribution in [1.82, 2.24) is 9.13 Å². The Kier molecular flexibility index (Phi) is 5.06. The van der Waals surface area contributed by atoms with Crippen LogP contribution >= 0.6 is 0 Å². The number of hydrogen-bond donors (Lipinski definition) is 2. The van der Waals surface area contributed by atoms with Crippen LogP contribution in [0.3, 0.4) is 0 Å². The highest BCUT2D eigenvalue weighted by Crippen LogP contribution is 2.31. The number of aryl methyl sites for hydroxylation is 1. The summed E-state index contributed by atoms with van der Waals surface area (Å²) >= 11 is 0. The van der Waals surface area contributed by atoms with Crippen LogP contribution in [0.15, 0.2) is 41.2 Å². The van der Waals surface area contributed by atoms with Gasteiger partial charge in [0.1, 0.15) is 0 Å². The lowest BCUT2D eigenvalue weighted by Gasteiger charge is -2.33. The van der Waals surface area contributed by atoms with Crippen molar-refractivity contribution >= 4 is 22.6 Å². The van der Waals surface area contributed by atoms with Gasteiger partial charge in [0.2, 0.25) is 5.91 Å². The lowest BCUT2D eigenvalue weighted by molar-refractivity contribution is 0.100. The Hall–Kier alpha value is -3.57. The smallest absolute Gasteiger partial charge is 0.329 e. The zero-order valence-corrected chi connectivity index (χ0v) is 16.8. The van der Waals surface area contributed by atoms with Crippen molar-refractivity contribution in [1.29, 1.82) is 5.26 Å². The van der Waals surface area contributed by atoms with Crippen LogP contribution in [0, 0.1) is 11.3 Å². The Morgan fingerprint density at radius 3 is 2.77 bits per heavy atom. The van der Waals surface area contributed by atoms with Gasteiger partial charge in [-0.05, 0) is 36.6 Å². The molecule has 154 valence electrons. The molecule has 0 unspecified atom stereocenters. The minimum Gasteiger partial charge on any atom is -0.368 e. The van der Waals surface area contributed by atoms with Gasteiger partial charge >= 0.3 is 5.69 Å². The summed E-state index contributed by atoms with van der Waals surface area (Å²) < 4.78 is 3.18. The molecule has 2 heterocycles. The molecule has 1 saturated heterocycles. The summed E-state index contributed by atoms with van der Waals surface area (Å²) in [5.41, 5.74) is 15.3. The van der Waals surface area contributed by atoms with Crippen molar-refractivity contribution in [3.63, 3.8) is 0 Å². The summed E-state index contributed by atoms with van der Waals surface area (Å²) in [5, 5.41) is 9.45. The van der Waals surface area contributed by atoms with Crippen molar-refractivity contribution in [3.05, 3.63) is 63.6 Å². The van der Waals surface area contributed by atoms with E-state index >= 15 is 0 Å². The van der Waals surface area contributed by atoms with Crippen LogP contribution in [-0.4, -0.2) is 34.2 Å². The number of hydrogen-bond acceptors (Lipinski definition) is 5. The largest absolute Gasteiger partial charge is 0.368 e. The van der Waals surface area contributed by atoms with Crippen molar-refractivity contribution in [2.75, 3.05) is 18.0 Å². The second kappa shape index (κ2) is 7.69. The SMILES string of the molecule is Cn1c(=O)n(Cc2ccccc2C#N)c2c(N3CCC[C@@H](N)C3)cc(C(N)=O)cc21. The number of nitriles is 1. The van der Waals surface area contributed by atoms with Gasteiger partial charge in [0.25, 0.3) is 0 Å². The Labute approximate surface area is 173 Å². The van der Waals surface area contributed by atoms with Crippen molar-refractivity contribution < 1.29 is 4.79 Å². The maximum absolute atomic E-state index is 13.2. The van der Waals surface area contributed by atoms with Gasteiger partial charge in [-0.1, -0.05) is 18.2 Å². The Morgan fingerprint density at radius 2 is 2.07 bits per heavy atom. The van der Waals surface area contributed by atoms with Crippen LogP contribution in [0.4, 0.5) is 5.69 Å². The van der Waals surface area contributed by atoms with Crippen LogP contribution in [-0.2, 0) is 13.6 Å². The molecule has 3 aromatic rings. The number of imidazole rings is 1. The van der Waals surface area contributed by atoms with Crippen LogP contribution in [0.2, 0.25) is 0 Å². The van der Waals surface area contributed by atoms with E-state index in [0.717, 1.165) is 30.6 Å². The molecule has 8 heteroatoms. The van der Waals surface area contributed by atoms with Gasteiger partial charge in [0.05, 0.1) is 34.9 Å². The standard InChI is InChI=1S/C22H24N6O2/c1-26-18-9-16(21(25)29)10-19(27-8-4-7-17(24)13-27)20(18)28(22(26)30)12-15-6-3-2-5-14(15)11-23/h2-3,5-6,9-10,17H,4,7-8,12-13,24H2,1H3,(H2,25,29)/t17-/m1/s1. The maximum atomic E-state index is 13.2. The molecule has 4 rings (SSSR count). The number of benzene rings is 2. The molecule has 0 bridgehead atoms. The Balaban J connectivity index is 1.97. The van der Waals surface area contributed by atoms with Gasteiger partial charge < -0.3 is 16.4 Å². The number of nitrogens with two attached hydrogens (primary N) is 2. The van der Waals surface area contributed by atoms with Crippen LogP contribution < -0.4 is 22.1 Å². The lowest BCUT2D eigenvalue weighted by Crippen LogP contribution is -2.43.